The second-order valence-electron chi connectivity index (χ2n) is 6.13. The zero-order valence-corrected chi connectivity index (χ0v) is 15.0. The first-order valence-electron chi connectivity index (χ1n) is 8.01. The molecule has 0 spiro atoms. The molecule has 1 aromatic carbocycles. The van der Waals surface area contributed by atoms with Crippen molar-refractivity contribution in [1.82, 2.24) is 23.8 Å². The Kier molecular flexibility index (Phi) is 5.00. The summed E-state index contributed by atoms with van der Waals surface area (Å²) in [5.74, 6) is 0. The van der Waals surface area contributed by atoms with E-state index in [1.165, 1.54) is 6.33 Å². The number of aromatic nitrogens is 4. The topological polar surface area (TPSA) is 81.8 Å². The number of nitrogens with zero attached hydrogens (tertiary/aromatic N) is 4. The van der Waals surface area contributed by atoms with Gasteiger partial charge >= 0.3 is 0 Å². The van der Waals surface area contributed by atoms with Crippen molar-refractivity contribution in [1.29, 1.82) is 0 Å². The van der Waals surface area contributed by atoms with Crippen molar-refractivity contribution < 1.29 is 8.42 Å². The van der Waals surface area contributed by atoms with Crippen molar-refractivity contribution in [3.05, 3.63) is 66.6 Å². The van der Waals surface area contributed by atoms with Crippen LogP contribution in [-0.2, 0) is 23.1 Å². The predicted octanol–water partition coefficient (Wildman–Crippen LogP) is 2.19. The van der Waals surface area contributed by atoms with Crippen LogP contribution in [0.2, 0.25) is 0 Å². The van der Waals surface area contributed by atoms with E-state index in [0.29, 0.717) is 6.54 Å². The average Bonchev–Trinajstić information content (AvgIpc) is 3.25. The SMILES string of the molecule is CC(C)n1cnc(S(=O)(=O)NCc2cccc(Cn3ccnc3)c2)c1. The van der Waals surface area contributed by atoms with Crippen LogP contribution in [0.3, 0.4) is 0 Å². The fourth-order valence-corrected chi connectivity index (χ4v) is 3.37. The molecule has 0 unspecified atom stereocenters. The Morgan fingerprint density at radius 2 is 2.00 bits per heavy atom. The van der Waals surface area contributed by atoms with Gasteiger partial charge in [0.25, 0.3) is 10.0 Å². The van der Waals surface area contributed by atoms with Crippen molar-refractivity contribution in [2.45, 2.75) is 38.0 Å². The summed E-state index contributed by atoms with van der Waals surface area (Å²) in [6, 6.07) is 7.96. The van der Waals surface area contributed by atoms with Gasteiger partial charge in [-0.15, -0.1) is 0 Å². The van der Waals surface area contributed by atoms with E-state index in [0.717, 1.165) is 11.1 Å². The van der Waals surface area contributed by atoms with Crippen molar-refractivity contribution in [2.24, 2.45) is 0 Å². The summed E-state index contributed by atoms with van der Waals surface area (Å²) in [6.45, 7) is 4.85. The molecule has 0 aliphatic heterocycles. The van der Waals surface area contributed by atoms with Crippen molar-refractivity contribution in [3.8, 4) is 0 Å². The lowest BCUT2D eigenvalue weighted by Crippen LogP contribution is -2.23. The van der Waals surface area contributed by atoms with Gasteiger partial charge < -0.3 is 9.13 Å². The Labute approximate surface area is 147 Å². The zero-order valence-electron chi connectivity index (χ0n) is 14.2. The van der Waals surface area contributed by atoms with Gasteiger partial charge in [-0.1, -0.05) is 24.3 Å². The fourth-order valence-electron chi connectivity index (χ4n) is 2.42. The van der Waals surface area contributed by atoms with Gasteiger partial charge in [0.2, 0.25) is 0 Å². The maximum Gasteiger partial charge on any atom is 0.259 e. The summed E-state index contributed by atoms with van der Waals surface area (Å²) in [7, 11) is -3.63. The number of sulfonamides is 1. The lowest BCUT2D eigenvalue weighted by Gasteiger charge is -2.08. The van der Waals surface area contributed by atoms with E-state index >= 15 is 0 Å². The third-order valence-corrected chi connectivity index (χ3v) is 5.12. The molecule has 0 aliphatic carbocycles. The van der Waals surface area contributed by atoms with Gasteiger partial charge in [0.15, 0.2) is 5.03 Å². The second kappa shape index (κ2) is 7.20. The van der Waals surface area contributed by atoms with Crippen LogP contribution >= 0.6 is 0 Å². The van der Waals surface area contributed by atoms with Gasteiger partial charge in [-0.05, 0) is 25.0 Å². The molecular formula is C17H21N5O2S. The van der Waals surface area contributed by atoms with Crippen LogP contribution in [0.5, 0.6) is 0 Å². The molecule has 132 valence electrons. The molecule has 8 heteroatoms. The summed E-state index contributed by atoms with van der Waals surface area (Å²) in [6.07, 6.45) is 8.45. The third kappa shape index (κ3) is 4.34. The number of hydrogen-bond donors (Lipinski definition) is 1. The van der Waals surface area contributed by atoms with Gasteiger partial charge in [-0.3, -0.25) is 0 Å². The lowest BCUT2D eigenvalue weighted by molar-refractivity contribution is 0.576. The van der Waals surface area contributed by atoms with E-state index < -0.39 is 10.0 Å². The molecule has 2 aromatic heterocycles. The summed E-state index contributed by atoms with van der Waals surface area (Å²) < 4.78 is 31.1. The van der Waals surface area contributed by atoms with Crippen LogP contribution in [-0.4, -0.2) is 27.5 Å². The number of benzene rings is 1. The standard InChI is InChI=1S/C17H21N5O2S/c1-14(2)22-11-17(19-13-22)25(23,24)20-9-15-4-3-5-16(8-15)10-21-7-6-18-12-21/h3-8,11-14,20H,9-10H2,1-2H3. The molecular weight excluding hydrogens is 338 g/mol. The first-order valence-corrected chi connectivity index (χ1v) is 9.49. The summed E-state index contributed by atoms with van der Waals surface area (Å²) in [5.41, 5.74) is 1.98. The molecule has 0 saturated carbocycles. The van der Waals surface area contributed by atoms with Crippen LogP contribution in [0.4, 0.5) is 0 Å². The molecule has 25 heavy (non-hydrogen) atoms. The minimum atomic E-state index is -3.63. The second-order valence-corrected chi connectivity index (χ2v) is 7.85. The Bertz CT molecular complexity index is 930. The van der Waals surface area contributed by atoms with Gasteiger partial charge in [0, 0.05) is 37.7 Å². The number of rotatable bonds is 7. The molecule has 2 heterocycles. The molecule has 0 bridgehead atoms. The molecule has 0 amide bonds. The van der Waals surface area contributed by atoms with Crippen LogP contribution < -0.4 is 4.72 Å². The lowest BCUT2D eigenvalue weighted by atomic mass is 10.1. The average molecular weight is 359 g/mol. The quantitative estimate of drug-likeness (QED) is 0.701. The highest BCUT2D eigenvalue weighted by atomic mass is 32.2. The molecule has 0 aliphatic rings. The van der Waals surface area contributed by atoms with E-state index in [2.05, 4.69) is 14.7 Å². The van der Waals surface area contributed by atoms with E-state index in [4.69, 9.17) is 0 Å². The molecule has 0 saturated heterocycles. The van der Waals surface area contributed by atoms with E-state index in [1.807, 2.05) is 48.9 Å². The highest BCUT2D eigenvalue weighted by Crippen LogP contribution is 2.12. The predicted molar refractivity (Wildman–Crippen MR) is 94.4 cm³/mol. The molecule has 0 radical (unpaired) electrons. The van der Waals surface area contributed by atoms with Gasteiger partial charge in [0.1, 0.15) is 0 Å². The van der Waals surface area contributed by atoms with Crippen molar-refractivity contribution in [2.75, 3.05) is 0 Å². The normalized spacial score (nSPS) is 12.0. The third-order valence-electron chi connectivity index (χ3n) is 3.83. The van der Waals surface area contributed by atoms with Crippen molar-refractivity contribution in [3.63, 3.8) is 0 Å². The molecule has 0 atom stereocenters. The van der Waals surface area contributed by atoms with Crippen LogP contribution in [0.1, 0.15) is 31.0 Å². The van der Waals surface area contributed by atoms with E-state index in [-0.39, 0.29) is 17.6 Å². The monoisotopic (exact) mass is 359 g/mol. The summed E-state index contributed by atoms with van der Waals surface area (Å²) >= 11 is 0. The van der Waals surface area contributed by atoms with E-state index in [1.54, 1.807) is 23.3 Å². The maximum atomic E-state index is 12.4. The molecule has 3 rings (SSSR count). The highest BCUT2D eigenvalue weighted by molar-refractivity contribution is 7.89. The number of nitrogens with one attached hydrogen (secondary N) is 1. The van der Waals surface area contributed by atoms with E-state index in [9.17, 15) is 8.42 Å². The minimum Gasteiger partial charge on any atom is -0.334 e. The Balaban J connectivity index is 1.68. The van der Waals surface area contributed by atoms with Crippen molar-refractivity contribution >= 4 is 10.0 Å². The van der Waals surface area contributed by atoms with Gasteiger partial charge in [-0.25, -0.2) is 23.1 Å². The fraction of sp³-hybridized carbons (Fsp3) is 0.294. The Morgan fingerprint density at radius 1 is 1.20 bits per heavy atom. The zero-order chi connectivity index (χ0) is 17.9. The van der Waals surface area contributed by atoms with Crippen LogP contribution in [0.15, 0.2) is 60.5 Å². The van der Waals surface area contributed by atoms with Crippen LogP contribution in [0.25, 0.3) is 0 Å². The largest absolute Gasteiger partial charge is 0.334 e. The minimum absolute atomic E-state index is 0.0378. The summed E-state index contributed by atoms with van der Waals surface area (Å²) in [5, 5.41) is 0.0378. The first kappa shape index (κ1) is 17.4. The highest BCUT2D eigenvalue weighted by Gasteiger charge is 2.17. The molecule has 3 aromatic rings. The Morgan fingerprint density at radius 3 is 2.68 bits per heavy atom. The molecule has 0 fully saturated rings. The first-order chi connectivity index (χ1) is 11.9. The molecule has 7 nitrogen and oxygen atoms in total. The van der Waals surface area contributed by atoms with Gasteiger partial charge in [-0.2, -0.15) is 0 Å². The molecule has 1 N–H and O–H groups in total. The number of hydrogen-bond acceptors (Lipinski definition) is 4. The summed E-state index contributed by atoms with van der Waals surface area (Å²) in [4.78, 5) is 8.01. The maximum absolute atomic E-state index is 12.4. The Hall–Kier alpha value is -2.45. The smallest absolute Gasteiger partial charge is 0.259 e. The number of imidazole rings is 2. The van der Waals surface area contributed by atoms with Gasteiger partial charge in [0.05, 0.1) is 12.7 Å². The van der Waals surface area contributed by atoms with Crippen LogP contribution in [0, 0.1) is 0 Å².